The predicted molar refractivity (Wildman–Crippen MR) is 56.1 cm³/mol. The van der Waals surface area contributed by atoms with E-state index in [9.17, 15) is 9.59 Å². The quantitative estimate of drug-likeness (QED) is 0.628. The molecule has 0 heterocycles. The first kappa shape index (κ1) is 13.1. The molecule has 14 heavy (non-hydrogen) atoms. The molecule has 0 saturated carbocycles. The zero-order chi connectivity index (χ0) is 11.0. The molecule has 0 fully saturated rings. The average molecular weight is 200 g/mol. The van der Waals surface area contributed by atoms with Gasteiger partial charge in [0.2, 0.25) is 5.91 Å². The van der Waals surface area contributed by atoms with Crippen LogP contribution in [0, 0.1) is 0 Å². The van der Waals surface area contributed by atoms with E-state index in [0.29, 0.717) is 32.0 Å². The van der Waals surface area contributed by atoms with E-state index in [1.165, 1.54) is 6.92 Å². The van der Waals surface area contributed by atoms with Crippen molar-refractivity contribution in [2.75, 3.05) is 13.1 Å². The normalized spacial score (nSPS) is 10.3. The fourth-order valence-corrected chi connectivity index (χ4v) is 0.941. The molecule has 0 saturated heterocycles. The van der Waals surface area contributed by atoms with Crippen molar-refractivity contribution in [1.29, 1.82) is 0 Å². The van der Waals surface area contributed by atoms with Gasteiger partial charge in [-0.3, -0.25) is 9.59 Å². The van der Waals surface area contributed by atoms with Crippen molar-refractivity contribution in [1.82, 2.24) is 10.6 Å². The van der Waals surface area contributed by atoms with Gasteiger partial charge in [-0.2, -0.15) is 0 Å². The molecule has 82 valence electrons. The lowest BCUT2D eigenvalue weighted by Gasteiger charge is -2.07. The van der Waals surface area contributed by atoms with Gasteiger partial charge in [0.05, 0.1) is 0 Å². The molecule has 0 aromatic carbocycles. The lowest BCUT2D eigenvalue weighted by molar-refractivity contribution is -0.121. The Morgan fingerprint density at radius 2 is 1.79 bits per heavy atom. The van der Waals surface area contributed by atoms with Gasteiger partial charge in [0.25, 0.3) is 0 Å². The number of ketones is 1. The molecule has 0 aliphatic carbocycles. The molecule has 0 aromatic rings. The van der Waals surface area contributed by atoms with Gasteiger partial charge in [-0.15, -0.1) is 0 Å². The van der Waals surface area contributed by atoms with E-state index in [1.54, 1.807) is 0 Å². The first-order chi connectivity index (χ1) is 6.52. The van der Waals surface area contributed by atoms with Gasteiger partial charge in [-0.05, 0) is 6.92 Å². The van der Waals surface area contributed by atoms with Crippen LogP contribution < -0.4 is 10.6 Å². The number of amides is 1. The summed E-state index contributed by atoms with van der Waals surface area (Å²) in [5.41, 5.74) is 0. The highest BCUT2D eigenvalue weighted by atomic mass is 16.1. The van der Waals surface area contributed by atoms with Gasteiger partial charge in [-0.25, -0.2) is 0 Å². The number of hydrogen-bond donors (Lipinski definition) is 2. The van der Waals surface area contributed by atoms with Crippen molar-refractivity contribution in [2.45, 2.75) is 39.7 Å². The molecule has 0 bridgehead atoms. The van der Waals surface area contributed by atoms with E-state index in [0.717, 1.165) is 0 Å². The first-order valence-electron chi connectivity index (χ1n) is 5.02. The molecule has 0 rings (SSSR count). The molecule has 2 N–H and O–H groups in total. The molecule has 0 unspecified atom stereocenters. The Hall–Kier alpha value is -0.900. The Bertz CT molecular complexity index is 191. The molecule has 0 aliphatic rings. The summed E-state index contributed by atoms with van der Waals surface area (Å²) in [6.45, 7) is 6.73. The van der Waals surface area contributed by atoms with Gasteiger partial charge in [0.15, 0.2) is 0 Å². The standard InChI is InChI=1S/C10H20N2O2/c1-8(2)11-7-5-10(14)12-6-4-9(3)13/h8,11H,4-7H2,1-3H3,(H,12,14). The second kappa shape index (κ2) is 7.50. The number of nitrogens with one attached hydrogen (secondary N) is 2. The van der Waals surface area contributed by atoms with Crippen LogP contribution >= 0.6 is 0 Å². The van der Waals surface area contributed by atoms with E-state index < -0.39 is 0 Å². The largest absolute Gasteiger partial charge is 0.356 e. The van der Waals surface area contributed by atoms with Crippen molar-refractivity contribution in [2.24, 2.45) is 0 Å². The van der Waals surface area contributed by atoms with Crippen LogP contribution in [-0.4, -0.2) is 30.8 Å². The SMILES string of the molecule is CC(=O)CCNC(=O)CCNC(C)C. The van der Waals surface area contributed by atoms with Crippen molar-refractivity contribution in [3.05, 3.63) is 0 Å². The Kier molecular flexibility index (Phi) is 7.02. The third kappa shape index (κ3) is 9.19. The molecule has 4 nitrogen and oxygen atoms in total. The zero-order valence-corrected chi connectivity index (χ0v) is 9.22. The lowest BCUT2D eigenvalue weighted by Crippen LogP contribution is -2.31. The maximum atomic E-state index is 11.1. The third-order valence-electron chi connectivity index (χ3n) is 1.70. The zero-order valence-electron chi connectivity index (χ0n) is 9.22. The van der Waals surface area contributed by atoms with Crippen molar-refractivity contribution >= 4 is 11.7 Å². The fourth-order valence-electron chi connectivity index (χ4n) is 0.941. The van der Waals surface area contributed by atoms with Crippen LogP contribution in [0.1, 0.15) is 33.6 Å². The van der Waals surface area contributed by atoms with Crippen molar-refractivity contribution in [3.63, 3.8) is 0 Å². The molecule has 4 heteroatoms. The van der Waals surface area contributed by atoms with Gasteiger partial charge in [0.1, 0.15) is 5.78 Å². The fraction of sp³-hybridized carbons (Fsp3) is 0.800. The number of hydrogen-bond acceptors (Lipinski definition) is 3. The van der Waals surface area contributed by atoms with E-state index in [-0.39, 0.29) is 11.7 Å². The van der Waals surface area contributed by atoms with Crippen LogP contribution in [0.25, 0.3) is 0 Å². The van der Waals surface area contributed by atoms with Gasteiger partial charge in [0, 0.05) is 32.0 Å². The van der Waals surface area contributed by atoms with E-state index in [4.69, 9.17) is 0 Å². The molecule has 0 aromatic heterocycles. The number of rotatable bonds is 7. The van der Waals surface area contributed by atoms with Gasteiger partial charge >= 0.3 is 0 Å². The van der Waals surface area contributed by atoms with Gasteiger partial charge in [-0.1, -0.05) is 13.8 Å². The molecule has 0 atom stereocenters. The second-order valence-corrected chi connectivity index (χ2v) is 3.66. The maximum absolute atomic E-state index is 11.1. The third-order valence-corrected chi connectivity index (χ3v) is 1.70. The van der Waals surface area contributed by atoms with E-state index >= 15 is 0 Å². The smallest absolute Gasteiger partial charge is 0.221 e. The summed E-state index contributed by atoms with van der Waals surface area (Å²) >= 11 is 0. The summed E-state index contributed by atoms with van der Waals surface area (Å²) in [5.74, 6) is 0.102. The topological polar surface area (TPSA) is 58.2 Å². The highest BCUT2D eigenvalue weighted by molar-refractivity contribution is 5.78. The van der Waals surface area contributed by atoms with Crippen LogP contribution in [0.15, 0.2) is 0 Å². The van der Waals surface area contributed by atoms with Crippen LogP contribution in [0.3, 0.4) is 0 Å². The number of carbonyl (C=O) groups excluding carboxylic acids is 2. The molecular weight excluding hydrogens is 180 g/mol. The Balaban J connectivity index is 3.33. The average Bonchev–Trinajstić information content (AvgIpc) is 2.02. The Morgan fingerprint density at radius 3 is 2.29 bits per heavy atom. The predicted octanol–water partition coefficient (Wildman–Crippen LogP) is 0.470. The Morgan fingerprint density at radius 1 is 1.14 bits per heavy atom. The van der Waals surface area contributed by atoms with E-state index in [2.05, 4.69) is 10.6 Å². The van der Waals surface area contributed by atoms with Crippen LogP contribution in [0.4, 0.5) is 0 Å². The highest BCUT2D eigenvalue weighted by Crippen LogP contribution is 1.83. The Labute approximate surface area is 85.4 Å². The molecule has 0 radical (unpaired) electrons. The summed E-state index contributed by atoms with van der Waals surface area (Å²) in [6.07, 6.45) is 0.888. The minimum Gasteiger partial charge on any atom is -0.356 e. The van der Waals surface area contributed by atoms with Crippen molar-refractivity contribution in [3.8, 4) is 0 Å². The lowest BCUT2D eigenvalue weighted by atomic mass is 10.3. The minimum absolute atomic E-state index is 0.000556. The van der Waals surface area contributed by atoms with Gasteiger partial charge < -0.3 is 10.6 Å². The monoisotopic (exact) mass is 200 g/mol. The maximum Gasteiger partial charge on any atom is 0.221 e. The van der Waals surface area contributed by atoms with E-state index in [1.807, 2.05) is 13.8 Å². The molecular formula is C10H20N2O2. The summed E-state index contributed by atoms with van der Waals surface area (Å²) in [5, 5.41) is 5.84. The molecule has 0 aliphatic heterocycles. The molecule has 0 spiro atoms. The summed E-state index contributed by atoms with van der Waals surface area (Å²) < 4.78 is 0. The summed E-state index contributed by atoms with van der Waals surface area (Å²) in [6, 6.07) is 0.403. The number of carbonyl (C=O) groups is 2. The van der Waals surface area contributed by atoms with Crippen molar-refractivity contribution < 1.29 is 9.59 Å². The van der Waals surface area contributed by atoms with Crippen LogP contribution in [0.2, 0.25) is 0 Å². The first-order valence-corrected chi connectivity index (χ1v) is 5.02. The minimum atomic E-state index is -0.000556. The van der Waals surface area contributed by atoms with Crippen LogP contribution in [0.5, 0.6) is 0 Å². The second-order valence-electron chi connectivity index (χ2n) is 3.66. The summed E-state index contributed by atoms with van der Waals surface area (Å²) in [7, 11) is 0. The highest BCUT2D eigenvalue weighted by Gasteiger charge is 2.01. The number of Topliss-reactive ketones (excluding diaryl/α,β-unsaturated/α-hetero) is 1. The molecule has 1 amide bonds. The van der Waals surface area contributed by atoms with Crippen LogP contribution in [-0.2, 0) is 9.59 Å². The summed E-state index contributed by atoms with van der Waals surface area (Å²) in [4.78, 5) is 21.7.